The van der Waals surface area contributed by atoms with Gasteiger partial charge in [-0.05, 0) is 12.3 Å². The fraction of sp³-hybridized carbons (Fsp3) is 0.882. The van der Waals surface area contributed by atoms with Crippen LogP contribution in [-0.2, 0) is 19.0 Å². The van der Waals surface area contributed by atoms with E-state index in [4.69, 9.17) is 14.2 Å². The van der Waals surface area contributed by atoms with Crippen LogP contribution in [-0.4, -0.2) is 80.8 Å². The maximum atomic E-state index is 12.5. The highest BCUT2D eigenvalue weighted by atomic mass is 16.5. The molecule has 0 spiro atoms. The van der Waals surface area contributed by atoms with Crippen molar-refractivity contribution in [1.82, 2.24) is 10.2 Å². The molecule has 8 nitrogen and oxygen atoms in total. The average molecular weight is 358 g/mol. The Labute approximate surface area is 148 Å². The highest BCUT2D eigenvalue weighted by Crippen LogP contribution is 2.25. The third kappa shape index (κ3) is 5.83. The summed E-state index contributed by atoms with van der Waals surface area (Å²) in [5, 5.41) is 12.2. The van der Waals surface area contributed by atoms with E-state index in [1.807, 2.05) is 6.92 Å². The zero-order valence-electron chi connectivity index (χ0n) is 15.2. The van der Waals surface area contributed by atoms with Gasteiger partial charge in [-0.3, -0.25) is 4.79 Å². The lowest BCUT2D eigenvalue weighted by atomic mass is 9.90. The zero-order valence-corrected chi connectivity index (χ0v) is 15.2. The second-order valence-electron chi connectivity index (χ2n) is 7.08. The third-order valence-corrected chi connectivity index (χ3v) is 4.96. The number of nitrogens with one attached hydrogen (secondary N) is 1. The number of carbonyl (C=O) groups is 2. The van der Waals surface area contributed by atoms with E-state index >= 15 is 0 Å². The summed E-state index contributed by atoms with van der Waals surface area (Å²) >= 11 is 0. The van der Waals surface area contributed by atoms with E-state index in [2.05, 4.69) is 5.32 Å². The number of urea groups is 1. The van der Waals surface area contributed by atoms with Crippen LogP contribution in [0.2, 0.25) is 0 Å². The lowest BCUT2D eigenvalue weighted by Gasteiger charge is -2.39. The zero-order chi connectivity index (χ0) is 18.3. The standard InChI is InChI=1S/C17H30N2O6/c1-13-9-14(15(20)21)11-19(10-13)16(22)18-12-17(25-8-7-23-2)3-5-24-6-4-17/h13-14H,3-12H2,1-2H3,(H,18,22)(H,20,21). The molecule has 2 aliphatic rings. The first-order valence-corrected chi connectivity index (χ1v) is 8.92. The summed E-state index contributed by atoms with van der Waals surface area (Å²) in [4.78, 5) is 25.4. The molecular formula is C17H30N2O6. The molecule has 0 radical (unpaired) electrons. The molecule has 2 atom stereocenters. The number of carboxylic acids is 1. The van der Waals surface area contributed by atoms with Crippen LogP contribution in [0.15, 0.2) is 0 Å². The van der Waals surface area contributed by atoms with Crippen molar-refractivity contribution >= 4 is 12.0 Å². The summed E-state index contributed by atoms with van der Waals surface area (Å²) in [5.41, 5.74) is -0.444. The van der Waals surface area contributed by atoms with Crippen molar-refractivity contribution < 1.29 is 28.9 Å². The van der Waals surface area contributed by atoms with Crippen LogP contribution in [0.3, 0.4) is 0 Å². The molecule has 2 rings (SSSR count). The molecule has 8 heteroatoms. The van der Waals surface area contributed by atoms with E-state index < -0.39 is 17.5 Å². The number of amides is 2. The Hall–Kier alpha value is -1.38. The number of aliphatic carboxylic acids is 1. The Balaban J connectivity index is 1.90. The molecule has 0 bridgehead atoms. The Morgan fingerprint density at radius 3 is 2.64 bits per heavy atom. The molecule has 144 valence electrons. The fourth-order valence-electron chi connectivity index (χ4n) is 3.50. The van der Waals surface area contributed by atoms with E-state index in [1.54, 1.807) is 12.0 Å². The molecule has 0 aromatic carbocycles. The first kappa shape index (κ1) is 19.9. The minimum Gasteiger partial charge on any atom is -0.481 e. The van der Waals surface area contributed by atoms with Gasteiger partial charge in [0.15, 0.2) is 0 Å². The number of hydrogen-bond donors (Lipinski definition) is 2. The van der Waals surface area contributed by atoms with Crippen LogP contribution in [0.25, 0.3) is 0 Å². The van der Waals surface area contributed by atoms with Crippen LogP contribution in [0.1, 0.15) is 26.2 Å². The maximum absolute atomic E-state index is 12.5. The number of likely N-dealkylation sites (tertiary alicyclic amines) is 1. The largest absolute Gasteiger partial charge is 0.481 e. The van der Waals surface area contributed by atoms with Gasteiger partial charge < -0.3 is 29.5 Å². The SMILES string of the molecule is COCCOC1(CNC(=O)N2CC(C)CC(C(=O)O)C2)CCOCC1. The third-order valence-electron chi connectivity index (χ3n) is 4.96. The lowest BCUT2D eigenvalue weighted by molar-refractivity contribution is -0.143. The second kappa shape index (κ2) is 9.35. The van der Waals surface area contributed by atoms with Gasteiger partial charge in [-0.2, -0.15) is 0 Å². The number of hydrogen-bond acceptors (Lipinski definition) is 5. The molecule has 0 aromatic rings. The number of methoxy groups -OCH3 is 1. The van der Waals surface area contributed by atoms with E-state index in [0.29, 0.717) is 58.8 Å². The van der Waals surface area contributed by atoms with Crippen LogP contribution in [0, 0.1) is 11.8 Å². The van der Waals surface area contributed by atoms with Gasteiger partial charge in [0.2, 0.25) is 0 Å². The van der Waals surface area contributed by atoms with E-state index in [-0.39, 0.29) is 18.5 Å². The van der Waals surface area contributed by atoms with E-state index in [9.17, 15) is 14.7 Å². The van der Waals surface area contributed by atoms with Crippen LogP contribution in [0.5, 0.6) is 0 Å². The summed E-state index contributed by atoms with van der Waals surface area (Å²) < 4.78 is 16.4. The second-order valence-corrected chi connectivity index (χ2v) is 7.08. The molecule has 2 saturated heterocycles. The van der Waals surface area contributed by atoms with Gasteiger partial charge in [-0.1, -0.05) is 6.92 Å². The van der Waals surface area contributed by atoms with Crippen molar-refractivity contribution in [3.63, 3.8) is 0 Å². The highest BCUT2D eigenvalue weighted by molar-refractivity contribution is 5.76. The molecule has 0 aromatic heterocycles. The Morgan fingerprint density at radius 1 is 1.28 bits per heavy atom. The number of carboxylic acid groups (broad SMARTS) is 1. The lowest BCUT2D eigenvalue weighted by Crippen LogP contribution is -2.54. The van der Waals surface area contributed by atoms with Crippen LogP contribution >= 0.6 is 0 Å². The van der Waals surface area contributed by atoms with E-state index in [0.717, 1.165) is 0 Å². The van der Waals surface area contributed by atoms with Crippen LogP contribution < -0.4 is 5.32 Å². The first-order valence-electron chi connectivity index (χ1n) is 8.92. The number of piperidine rings is 1. The Bertz CT molecular complexity index is 452. The van der Waals surface area contributed by atoms with Crippen molar-refractivity contribution in [3.8, 4) is 0 Å². The predicted molar refractivity (Wildman–Crippen MR) is 90.5 cm³/mol. The molecule has 0 saturated carbocycles. The topological polar surface area (TPSA) is 97.3 Å². The normalized spacial score (nSPS) is 26.2. The van der Waals surface area contributed by atoms with Crippen LogP contribution in [0.4, 0.5) is 4.79 Å². The maximum Gasteiger partial charge on any atom is 0.317 e. The summed E-state index contributed by atoms with van der Waals surface area (Å²) in [5.74, 6) is -1.16. The molecule has 2 heterocycles. The van der Waals surface area contributed by atoms with Gasteiger partial charge in [-0.15, -0.1) is 0 Å². The minimum absolute atomic E-state index is 0.176. The van der Waals surface area contributed by atoms with E-state index in [1.165, 1.54) is 0 Å². The van der Waals surface area contributed by atoms with Gasteiger partial charge >= 0.3 is 12.0 Å². The van der Waals surface area contributed by atoms with Gasteiger partial charge in [0.1, 0.15) is 0 Å². The minimum atomic E-state index is -0.840. The predicted octanol–water partition coefficient (Wildman–Crippen LogP) is 0.951. The van der Waals surface area contributed by atoms with Gasteiger partial charge in [0, 0.05) is 52.8 Å². The first-order chi connectivity index (χ1) is 12.0. The fourth-order valence-corrected chi connectivity index (χ4v) is 3.50. The molecule has 2 amide bonds. The molecule has 2 unspecified atom stereocenters. The molecule has 2 aliphatic heterocycles. The monoisotopic (exact) mass is 358 g/mol. The van der Waals surface area contributed by atoms with Crippen molar-refractivity contribution in [2.45, 2.75) is 31.8 Å². The molecular weight excluding hydrogens is 328 g/mol. The summed E-state index contributed by atoms with van der Waals surface area (Å²) in [6, 6.07) is -0.223. The van der Waals surface area contributed by atoms with Crippen molar-refractivity contribution in [2.75, 3.05) is 53.2 Å². The highest BCUT2D eigenvalue weighted by Gasteiger charge is 2.36. The number of carbonyl (C=O) groups excluding carboxylic acids is 1. The molecule has 25 heavy (non-hydrogen) atoms. The number of ether oxygens (including phenoxy) is 3. The number of nitrogens with zero attached hydrogens (tertiary/aromatic N) is 1. The molecule has 0 aliphatic carbocycles. The number of rotatable bonds is 7. The smallest absolute Gasteiger partial charge is 0.317 e. The van der Waals surface area contributed by atoms with Gasteiger partial charge in [-0.25, -0.2) is 4.79 Å². The Kier molecular flexibility index (Phi) is 7.46. The molecule has 2 fully saturated rings. The summed E-state index contributed by atoms with van der Waals surface area (Å²) in [6.07, 6.45) is 2.04. The Morgan fingerprint density at radius 2 is 2.00 bits per heavy atom. The van der Waals surface area contributed by atoms with Gasteiger partial charge in [0.25, 0.3) is 0 Å². The summed E-state index contributed by atoms with van der Waals surface area (Å²) in [6.45, 7) is 5.37. The van der Waals surface area contributed by atoms with Crippen molar-refractivity contribution in [1.29, 1.82) is 0 Å². The van der Waals surface area contributed by atoms with Gasteiger partial charge in [0.05, 0.1) is 24.7 Å². The van der Waals surface area contributed by atoms with Crippen molar-refractivity contribution in [2.24, 2.45) is 11.8 Å². The summed E-state index contributed by atoms with van der Waals surface area (Å²) in [7, 11) is 1.62. The van der Waals surface area contributed by atoms with Crippen molar-refractivity contribution in [3.05, 3.63) is 0 Å². The molecule has 2 N–H and O–H groups in total. The average Bonchev–Trinajstić information content (AvgIpc) is 2.60. The quantitative estimate of drug-likeness (QED) is 0.658.